The fourth-order valence-corrected chi connectivity index (χ4v) is 1.59. The zero-order valence-electron chi connectivity index (χ0n) is 8.49. The van der Waals surface area contributed by atoms with Crippen LogP contribution in [-0.4, -0.2) is 9.38 Å². The summed E-state index contributed by atoms with van der Waals surface area (Å²) in [5.41, 5.74) is 5.34. The fraction of sp³-hybridized carbons (Fsp3) is 0.300. The van der Waals surface area contributed by atoms with Crippen molar-refractivity contribution in [3.63, 3.8) is 0 Å². The normalized spacial score (nSPS) is 14.3. The van der Waals surface area contributed by atoms with Crippen molar-refractivity contribution in [1.29, 1.82) is 0 Å². The molecule has 0 fully saturated rings. The molecule has 86 valence electrons. The predicted octanol–water partition coefficient (Wildman–Crippen LogP) is 2.37. The van der Waals surface area contributed by atoms with Crippen molar-refractivity contribution < 1.29 is 13.2 Å². The van der Waals surface area contributed by atoms with Gasteiger partial charge in [0.2, 0.25) is 0 Å². The third kappa shape index (κ3) is 1.65. The summed E-state index contributed by atoms with van der Waals surface area (Å²) in [7, 11) is 0. The van der Waals surface area contributed by atoms with Gasteiger partial charge >= 0.3 is 6.18 Å². The van der Waals surface area contributed by atoms with E-state index in [2.05, 4.69) is 4.98 Å². The van der Waals surface area contributed by atoms with Crippen molar-refractivity contribution in [1.82, 2.24) is 9.38 Å². The molecule has 0 bridgehead atoms. The summed E-state index contributed by atoms with van der Waals surface area (Å²) in [6.45, 7) is 1.70. The molecule has 2 N–H and O–H groups in total. The SMILES string of the molecule is CC(N)c1cnc2c(C(F)(F)F)cccn12. The summed E-state index contributed by atoms with van der Waals surface area (Å²) in [4.78, 5) is 3.77. The van der Waals surface area contributed by atoms with Gasteiger partial charge in [0.05, 0.1) is 17.5 Å². The second-order valence-electron chi connectivity index (χ2n) is 3.58. The Morgan fingerprint density at radius 1 is 1.44 bits per heavy atom. The summed E-state index contributed by atoms with van der Waals surface area (Å²) in [6.07, 6.45) is -1.51. The summed E-state index contributed by atoms with van der Waals surface area (Å²) in [6, 6.07) is 1.98. The number of imidazole rings is 1. The van der Waals surface area contributed by atoms with Crippen molar-refractivity contribution in [2.75, 3.05) is 0 Å². The summed E-state index contributed by atoms with van der Waals surface area (Å²) in [5, 5.41) is 0. The van der Waals surface area contributed by atoms with Crippen LogP contribution in [0.5, 0.6) is 0 Å². The number of nitrogens with zero attached hydrogens (tertiary/aromatic N) is 2. The molecule has 0 aliphatic carbocycles. The highest BCUT2D eigenvalue weighted by Gasteiger charge is 2.34. The highest BCUT2D eigenvalue weighted by molar-refractivity contribution is 5.51. The molecule has 0 aliphatic rings. The van der Waals surface area contributed by atoms with E-state index in [1.165, 1.54) is 22.9 Å². The van der Waals surface area contributed by atoms with E-state index in [0.29, 0.717) is 5.69 Å². The molecular formula is C10H10F3N3. The molecule has 0 radical (unpaired) electrons. The standard InChI is InChI=1S/C10H10F3N3/c1-6(14)8-5-15-9-7(10(11,12)13)3-2-4-16(8)9/h2-6H,14H2,1H3. The molecule has 0 amide bonds. The Morgan fingerprint density at radius 3 is 2.69 bits per heavy atom. The van der Waals surface area contributed by atoms with Crippen LogP contribution >= 0.6 is 0 Å². The highest BCUT2D eigenvalue weighted by Crippen LogP contribution is 2.32. The van der Waals surface area contributed by atoms with E-state index in [0.717, 1.165) is 6.07 Å². The van der Waals surface area contributed by atoms with Crippen molar-refractivity contribution in [3.8, 4) is 0 Å². The van der Waals surface area contributed by atoms with E-state index in [1.807, 2.05) is 0 Å². The molecule has 2 aromatic rings. The van der Waals surface area contributed by atoms with Gasteiger partial charge < -0.3 is 10.1 Å². The first-order chi connectivity index (χ1) is 7.41. The maximum Gasteiger partial charge on any atom is 0.419 e. The average Bonchev–Trinajstić information content (AvgIpc) is 2.58. The van der Waals surface area contributed by atoms with Gasteiger partial charge in [0, 0.05) is 12.2 Å². The van der Waals surface area contributed by atoms with Gasteiger partial charge in [-0.3, -0.25) is 0 Å². The van der Waals surface area contributed by atoms with Crippen molar-refractivity contribution in [3.05, 3.63) is 35.8 Å². The van der Waals surface area contributed by atoms with Crippen LogP contribution in [0.2, 0.25) is 0 Å². The van der Waals surface area contributed by atoms with Crippen LogP contribution in [0, 0.1) is 0 Å². The molecule has 1 unspecified atom stereocenters. The van der Waals surface area contributed by atoms with Gasteiger partial charge in [-0.2, -0.15) is 13.2 Å². The first-order valence-electron chi connectivity index (χ1n) is 4.70. The van der Waals surface area contributed by atoms with Crippen molar-refractivity contribution in [2.24, 2.45) is 5.73 Å². The predicted molar refractivity (Wildman–Crippen MR) is 52.8 cm³/mol. The molecule has 2 heterocycles. The van der Waals surface area contributed by atoms with E-state index in [9.17, 15) is 13.2 Å². The minimum Gasteiger partial charge on any atom is -0.323 e. The van der Waals surface area contributed by atoms with Gasteiger partial charge in [-0.15, -0.1) is 0 Å². The lowest BCUT2D eigenvalue weighted by molar-refractivity contribution is -0.136. The van der Waals surface area contributed by atoms with Crippen LogP contribution in [-0.2, 0) is 6.18 Å². The van der Waals surface area contributed by atoms with Crippen LogP contribution in [0.1, 0.15) is 24.2 Å². The molecule has 6 heteroatoms. The molecule has 0 saturated carbocycles. The van der Waals surface area contributed by atoms with Crippen molar-refractivity contribution in [2.45, 2.75) is 19.1 Å². The lowest BCUT2D eigenvalue weighted by Crippen LogP contribution is -2.11. The number of fused-ring (bicyclic) bond motifs is 1. The second kappa shape index (κ2) is 3.48. The first kappa shape index (κ1) is 10.9. The Bertz CT molecular complexity index is 513. The van der Waals surface area contributed by atoms with Crippen LogP contribution in [0.3, 0.4) is 0 Å². The number of alkyl halides is 3. The third-order valence-corrected chi connectivity index (χ3v) is 2.34. The Morgan fingerprint density at radius 2 is 2.12 bits per heavy atom. The van der Waals surface area contributed by atoms with Gasteiger partial charge in [0.25, 0.3) is 0 Å². The summed E-state index contributed by atoms with van der Waals surface area (Å²) >= 11 is 0. The number of pyridine rings is 1. The van der Waals surface area contributed by atoms with Crippen LogP contribution in [0.15, 0.2) is 24.5 Å². The highest BCUT2D eigenvalue weighted by atomic mass is 19.4. The zero-order chi connectivity index (χ0) is 11.9. The van der Waals surface area contributed by atoms with E-state index >= 15 is 0 Å². The maximum atomic E-state index is 12.6. The molecule has 2 rings (SSSR count). The Kier molecular flexibility index (Phi) is 2.38. The molecule has 0 saturated heterocycles. The Balaban J connectivity index is 2.72. The molecule has 0 aromatic carbocycles. The Labute approximate surface area is 89.7 Å². The number of hydrogen-bond acceptors (Lipinski definition) is 2. The molecule has 16 heavy (non-hydrogen) atoms. The van der Waals surface area contributed by atoms with Crippen LogP contribution in [0.4, 0.5) is 13.2 Å². The molecule has 0 spiro atoms. The fourth-order valence-electron chi connectivity index (χ4n) is 1.59. The number of nitrogens with two attached hydrogens (primary N) is 1. The monoisotopic (exact) mass is 229 g/mol. The molecule has 2 aromatic heterocycles. The molecule has 3 nitrogen and oxygen atoms in total. The molecule has 1 atom stereocenters. The summed E-state index contributed by atoms with van der Waals surface area (Å²) < 4.78 is 39.3. The minimum atomic E-state index is -4.40. The average molecular weight is 229 g/mol. The maximum absolute atomic E-state index is 12.6. The molecule has 0 aliphatic heterocycles. The zero-order valence-corrected chi connectivity index (χ0v) is 8.49. The van der Waals surface area contributed by atoms with E-state index in [-0.39, 0.29) is 11.7 Å². The van der Waals surface area contributed by atoms with Gasteiger partial charge in [-0.05, 0) is 19.1 Å². The number of halogens is 3. The van der Waals surface area contributed by atoms with Gasteiger partial charge in [0.15, 0.2) is 0 Å². The van der Waals surface area contributed by atoms with Gasteiger partial charge in [0.1, 0.15) is 5.65 Å². The lowest BCUT2D eigenvalue weighted by Gasteiger charge is -2.09. The number of rotatable bonds is 1. The van der Waals surface area contributed by atoms with Gasteiger partial charge in [-0.25, -0.2) is 4.98 Å². The summed E-state index contributed by atoms with van der Waals surface area (Å²) in [5.74, 6) is 0. The third-order valence-electron chi connectivity index (χ3n) is 2.34. The van der Waals surface area contributed by atoms with Gasteiger partial charge in [-0.1, -0.05) is 0 Å². The number of aromatic nitrogens is 2. The van der Waals surface area contributed by atoms with E-state index < -0.39 is 11.7 Å². The molecular weight excluding hydrogens is 219 g/mol. The second-order valence-corrected chi connectivity index (χ2v) is 3.58. The largest absolute Gasteiger partial charge is 0.419 e. The smallest absolute Gasteiger partial charge is 0.323 e. The van der Waals surface area contributed by atoms with Crippen LogP contribution in [0.25, 0.3) is 5.65 Å². The van der Waals surface area contributed by atoms with Crippen molar-refractivity contribution >= 4 is 5.65 Å². The quantitative estimate of drug-likeness (QED) is 0.815. The lowest BCUT2D eigenvalue weighted by atomic mass is 10.2. The van der Waals surface area contributed by atoms with Crippen LogP contribution < -0.4 is 5.73 Å². The Hall–Kier alpha value is -1.56. The minimum absolute atomic E-state index is 0.109. The number of hydrogen-bond donors (Lipinski definition) is 1. The first-order valence-corrected chi connectivity index (χ1v) is 4.70. The van der Waals surface area contributed by atoms with E-state index in [1.54, 1.807) is 6.92 Å². The topological polar surface area (TPSA) is 43.3 Å². The van der Waals surface area contributed by atoms with E-state index in [4.69, 9.17) is 5.73 Å².